The van der Waals surface area contributed by atoms with E-state index >= 15 is 0 Å². The molecule has 1 unspecified atom stereocenters. The van der Waals surface area contributed by atoms with Crippen molar-refractivity contribution in [3.63, 3.8) is 0 Å². The van der Waals surface area contributed by atoms with Crippen molar-refractivity contribution >= 4 is 11.7 Å². The molecule has 29 heavy (non-hydrogen) atoms. The summed E-state index contributed by atoms with van der Waals surface area (Å²) in [6.07, 6.45) is 8.05. The maximum Gasteiger partial charge on any atom is 0.291 e. The Hall–Kier alpha value is -3.36. The molecule has 0 saturated carbocycles. The lowest BCUT2D eigenvalue weighted by Crippen LogP contribution is -2.39. The molecule has 3 aromatic rings. The molecule has 1 aliphatic heterocycles. The molecule has 4 heterocycles. The maximum absolute atomic E-state index is 12.9. The van der Waals surface area contributed by atoms with Crippen LogP contribution in [-0.4, -0.2) is 62.9 Å². The van der Waals surface area contributed by atoms with Crippen molar-refractivity contribution in [2.75, 3.05) is 32.1 Å². The van der Waals surface area contributed by atoms with Crippen LogP contribution < -0.4 is 4.90 Å². The molecule has 1 fully saturated rings. The minimum atomic E-state index is -0.124. The van der Waals surface area contributed by atoms with Crippen molar-refractivity contribution in [3.8, 4) is 11.5 Å². The fourth-order valence-electron chi connectivity index (χ4n) is 3.47. The normalized spacial score (nSPS) is 16.7. The summed E-state index contributed by atoms with van der Waals surface area (Å²) in [5.74, 6) is 1.62. The second-order valence-corrected chi connectivity index (χ2v) is 7.32. The number of carbonyl (C=O) groups excluding carboxylic acids is 1. The van der Waals surface area contributed by atoms with Crippen molar-refractivity contribution in [2.45, 2.75) is 25.7 Å². The molecule has 3 aromatic heterocycles. The molecule has 4 rings (SSSR count). The van der Waals surface area contributed by atoms with Gasteiger partial charge in [-0.25, -0.2) is 19.9 Å². The average Bonchev–Trinajstić information content (AvgIpc) is 3.19. The highest BCUT2D eigenvalue weighted by atomic mass is 16.3. The first-order valence-corrected chi connectivity index (χ1v) is 9.55. The molecule has 1 aliphatic rings. The van der Waals surface area contributed by atoms with E-state index in [2.05, 4.69) is 19.9 Å². The summed E-state index contributed by atoms with van der Waals surface area (Å²) in [6.45, 7) is 3.04. The first-order valence-electron chi connectivity index (χ1n) is 9.55. The predicted octanol–water partition coefficient (Wildman–Crippen LogP) is 2.32. The van der Waals surface area contributed by atoms with Gasteiger partial charge in [0, 0.05) is 51.6 Å². The van der Waals surface area contributed by atoms with Gasteiger partial charge in [0.05, 0.1) is 17.6 Å². The first-order chi connectivity index (χ1) is 14.0. The van der Waals surface area contributed by atoms with Crippen LogP contribution in [0.5, 0.6) is 0 Å². The molecule has 9 heteroatoms. The van der Waals surface area contributed by atoms with Crippen molar-refractivity contribution in [3.05, 3.63) is 48.2 Å². The van der Waals surface area contributed by atoms with Gasteiger partial charge in [-0.05, 0) is 19.8 Å². The molecular weight excluding hydrogens is 370 g/mol. The second kappa shape index (κ2) is 7.94. The fourth-order valence-corrected chi connectivity index (χ4v) is 3.47. The smallest absolute Gasteiger partial charge is 0.291 e. The van der Waals surface area contributed by atoms with Crippen LogP contribution in [0.25, 0.3) is 11.5 Å². The third-order valence-corrected chi connectivity index (χ3v) is 5.05. The Kier molecular flexibility index (Phi) is 5.20. The minimum Gasteiger partial charge on any atom is -0.438 e. The lowest BCUT2D eigenvalue weighted by Gasteiger charge is -2.32. The molecule has 0 N–H and O–H groups in total. The highest BCUT2D eigenvalue weighted by Crippen LogP contribution is 2.30. The number of hydrogen-bond acceptors (Lipinski definition) is 8. The Morgan fingerprint density at radius 1 is 1.24 bits per heavy atom. The number of oxazole rings is 1. The number of nitrogens with zero attached hydrogens (tertiary/aromatic N) is 7. The van der Waals surface area contributed by atoms with Gasteiger partial charge in [0.15, 0.2) is 12.2 Å². The molecule has 1 atom stereocenters. The lowest BCUT2D eigenvalue weighted by atomic mass is 9.94. The van der Waals surface area contributed by atoms with Gasteiger partial charge < -0.3 is 14.2 Å². The van der Waals surface area contributed by atoms with Gasteiger partial charge >= 0.3 is 0 Å². The first kappa shape index (κ1) is 19.0. The van der Waals surface area contributed by atoms with Crippen LogP contribution in [0, 0.1) is 6.92 Å². The van der Waals surface area contributed by atoms with Crippen molar-refractivity contribution in [1.29, 1.82) is 0 Å². The molecular formula is C20H23N7O2. The molecule has 150 valence electrons. The van der Waals surface area contributed by atoms with Crippen LogP contribution in [0.1, 0.15) is 40.7 Å². The Balaban J connectivity index is 1.64. The number of rotatable bonds is 4. The summed E-state index contributed by atoms with van der Waals surface area (Å²) >= 11 is 0. The van der Waals surface area contributed by atoms with Crippen molar-refractivity contribution < 1.29 is 9.21 Å². The maximum atomic E-state index is 12.9. The highest BCUT2D eigenvalue weighted by molar-refractivity contribution is 5.92. The fraction of sp³-hybridized carbons (Fsp3) is 0.400. The van der Waals surface area contributed by atoms with Crippen LogP contribution >= 0.6 is 0 Å². The SMILES string of the molecule is Cc1ncoc1C(=O)N1CCCC(c2cc(N(C)C)nc(-c3cnccn3)n2)C1. The average molecular weight is 393 g/mol. The summed E-state index contributed by atoms with van der Waals surface area (Å²) in [7, 11) is 3.88. The number of aromatic nitrogens is 5. The Bertz CT molecular complexity index is 1000. The third-order valence-electron chi connectivity index (χ3n) is 5.05. The van der Waals surface area contributed by atoms with Crippen molar-refractivity contribution in [2.24, 2.45) is 0 Å². The minimum absolute atomic E-state index is 0.105. The summed E-state index contributed by atoms with van der Waals surface area (Å²) in [5, 5.41) is 0. The third kappa shape index (κ3) is 3.94. The molecule has 1 saturated heterocycles. The number of carbonyl (C=O) groups is 1. The van der Waals surface area contributed by atoms with Crippen molar-refractivity contribution in [1.82, 2.24) is 29.8 Å². The van der Waals surface area contributed by atoms with E-state index in [1.54, 1.807) is 25.5 Å². The predicted molar refractivity (Wildman–Crippen MR) is 107 cm³/mol. The van der Waals surface area contributed by atoms with Gasteiger partial charge in [0.2, 0.25) is 5.76 Å². The summed E-state index contributed by atoms with van der Waals surface area (Å²) in [5.41, 5.74) is 2.13. The number of aryl methyl sites for hydroxylation is 1. The zero-order valence-electron chi connectivity index (χ0n) is 16.7. The molecule has 0 spiro atoms. The molecule has 0 radical (unpaired) electrons. The monoisotopic (exact) mass is 393 g/mol. The van der Waals surface area contributed by atoms with Crippen LogP contribution in [0.4, 0.5) is 5.82 Å². The van der Waals surface area contributed by atoms with Crippen LogP contribution in [-0.2, 0) is 0 Å². The van der Waals surface area contributed by atoms with E-state index in [0.29, 0.717) is 36.1 Å². The Morgan fingerprint density at radius 2 is 2.10 bits per heavy atom. The Morgan fingerprint density at radius 3 is 2.79 bits per heavy atom. The highest BCUT2D eigenvalue weighted by Gasteiger charge is 2.29. The molecule has 9 nitrogen and oxygen atoms in total. The van der Waals surface area contributed by atoms with E-state index < -0.39 is 0 Å². The van der Waals surface area contributed by atoms with E-state index in [-0.39, 0.29) is 11.8 Å². The van der Waals surface area contributed by atoms with E-state index in [9.17, 15) is 4.79 Å². The molecule has 0 aliphatic carbocycles. The van der Waals surface area contributed by atoms with E-state index in [1.165, 1.54) is 6.39 Å². The molecule has 0 bridgehead atoms. The zero-order chi connectivity index (χ0) is 20.4. The van der Waals surface area contributed by atoms with Gasteiger partial charge in [0.1, 0.15) is 11.5 Å². The summed E-state index contributed by atoms with van der Waals surface area (Å²) < 4.78 is 5.30. The van der Waals surface area contributed by atoms with Crippen LogP contribution in [0.3, 0.4) is 0 Å². The molecule has 1 amide bonds. The topological polar surface area (TPSA) is 101 Å². The summed E-state index contributed by atoms with van der Waals surface area (Å²) in [6, 6.07) is 1.98. The summed E-state index contributed by atoms with van der Waals surface area (Å²) in [4.78, 5) is 38.5. The van der Waals surface area contributed by atoms with E-state index in [1.807, 2.05) is 30.0 Å². The van der Waals surface area contributed by atoms with Gasteiger partial charge in [-0.1, -0.05) is 0 Å². The van der Waals surface area contributed by atoms with E-state index in [0.717, 1.165) is 24.4 Å². The Labute approximate surface area is 168 Å². The zero-order valence-corrected chi connectivity index (χ0v) is 16.7. The van der Waals surface area contributed by atoms with Gasteiger partial charge in [-0.15, -0.1) is 0 Å². The van der Waals surface area contributed by atoms with Crippen LogP contribution in [0.15, 0.2) is 35.5 Å². The van der Waals surface area contributed by atoms with Gasteiger partial charge in [-0.2, -0.15) is 0 Å². The number of amides is 1. The largest absolute Gasteiger partial charge is 0.438 e. The van der Waals surface area contributed by atoms with E-state index in [4.69, 9.17) is 9.40 Å². The number of piperidine rings is 1. The number of likely N-dealkylation sites (tertiary alicyclic amines) is 1. The van der Waals surface area contributed by atoms with Gasteiger partial charge in [-0.3, -0.25) is 9.78 Å². The van der Waals surface area contributed by atoms with Gasteiger partial charge in [0.25, 0.3) is 5.91 Å². The number of hydrogen-bond donors (Lipinski definition) is 0. The second-order valence-electron chi connectivity index (χ2n) is 7.32. The standard InChI is InChI=1S/C20H23N7O2/c1-13-18(29-12-23-13)20(28)27-8-4-5-14(11-27)15-9-17(26(2)3)25-19(24-15)16-10-21-6-7-22-16/h6-7,9-10,12,14H,4-5,8,11H2,1-3H3. The lowest BCUT2D eigenvalue weighted by molar-refractivity contribution is 0.0672. The quantitative estimate of drug-likeness (QED) is 0.666. The van der Waals surface area contributed by atoms with Crippen LogP contribution in [0.2, 0.25) is 0 Å². The molecule has 0 aromatic carbocycles. The number of anilines is 1.